The third-order valence-corrected chi connectivity index (χ3v) is 4.22. The van der Waals surface area contributed by atoms with Crippen molar-refractivity contribution in [3.05, 3.63) is 62.8 Å². The van der Waals surface area contributed by atoms with Gasteiger partial charge in [-0.3, -0.25) is 10.1 Å². The molecule has 0 aliphatic carbocycles. The number of nitro groups is 1. The summed E-state index contributed by atoms with van der Waals surface area (Å²) in [5.41, 5.74) is 6.70. The van der Waals surface area contributed by atoms with Gasteiger partial charge in [0.2, 0.25) is 11.8 Å². The lowest BCUT2D eigenvalue weighted by Gasteiger charge is -2.17. The monoisotopic (exact) mass is 419 g/mol. The summed E-state index contributed by atoms with van der Waals surface area (Å²) in [5.74, 6) is 0.566. The van der Waals surface area contributed by atoms with Crippen molar-refractivity contribution < 1.29 is 4.92 Å². The van der Waals surface area contributed by atoms with Crippen LogP contribution in [0.25, 0.3) is 11.3 Å². The van der Waals surface area contributed by atoms with Crippen LogP contribution in [-0.4, -0.2) is 26.0 Å². The minimum absolute atomic E-state index is 0.169. The Morgan fingerprint density at radius 1 is 1.14 bits per heavy atom. The average molecular weight is 420 g/mol. The SMILES string of the molecule is CC(Nc1ccc([N+](=O)[O-])c(N)n1)Nc1nccc(-c2ccc(Cl)cc2Cl)n1. The number of nitrogens with one attached hydrogen (secondary N) is 2. The molecule has 1 unspecified atom stereocenters. The maximum Gasteiger partial charge on any atom is 0.311 e. The number of benzene rings is 1. The molecule has 0 amide bonds. The van der Waals surface area contributed by atoms with E-state index in [4.69, 9.17) is 28.9 Å². The zero-order valence-corrected chi connectivity index (χ0v) is 16.1. The molecule has 3 aromatic rings. The van der Waals surface area contributed by atoms with Gasteiger partial charge >= 0.3 is 5.69 Å². The van der Waals surface area contributed by atoms with Crippen LogP contribution in [0.4, 0.5) is 23.3 Å². The Kier molecular flexibility index (Phi) is 5.76. The molecule has 1 atom stereocenters. The fraction of sp³-hybridized carbons (Fsp3) is 0.118. The fourth-order valence-corrected chi connectivity index (χ4v) is 2.93. The number of halogens is 2. The van der Waals surface area contributed by atoms with Crippen LogP contribution in [0.15, 0.2) is 42.6 Å². The topological polar surface area (TPSA) is 132 Å². The van der Waals surface area contributed by atoms with E-state index in [-0.39, 0.29) is 17.7 Å². The molecule has 4 N–H and O–H groups in total. The maximum absolute atomic E-state index is 10.8. The van der Waals surface area contributed by atoms with Gasteiger partial charge in [0.1, 0.15) is 5.82 Å². The summed E-state index contributed by atoms with van der Waals surface area (Å²) in [6.07, 6.45) is 1.26. The normalized spacial score (nSPS) is 11.7. The highest BCUT2D eigenvalue weighted by Gasteiger charge is 2.14. The van der Waals surface area contributed by atoms with Crippen LogP contribution >= 0.6 is 23.2 Å². The molecule has 11 heteroatoms. The summed E-state index contributed by atoms with van der Waals surface area (Å²) in [5, 5.41) is 17.9. The Morgan fingerprint density at radius 3 is 2.61 bits per heavy atom. The lowest BCUT2D eigenvalue weighted by atomic mass is 10.1. The first-order valence-electron chi connectivity index (χ1n) is 8.06. The zero-order valence-electron chi connectivity index (χ0n) is 14.6. The Bertz CT molecular complexity index is 1030. The van der Waals surface area contributed by atoms with Crippen LogP contribution in [0, 0.1) is 10.1 Å². The Hall–Kier alpha value is -3.17. The van der Waals surface area contributed by atoms with Crippen molar-refractivity contribution in [2.75, 3.05) is 16.4 Å². The molecule has 0 radical (unpaired) electrons. The molecular weight excluding hydrogens is 405 g/mol. The number of anilines is 3. The number of hydrogen-bond acceptors (Lipinski definition) is 8. The van der Waals surface area contributed by atoms with E-state index < -0.39 is 4.92 Å². The van der Waals surface area contributed by atoms with Gasteiger partial charge in [-0.05, 0) is 37.3 Å². The molecule has 3 rings (SSSR count). The molecule has 1 aromatic carbocycles. The van der Waals surface area contributed by atoms with E-state index in [0.29, 0.717) is 27.5 Å². The highest BCUT2D eigenvalue weighted by molar-refractivity contribution is 6.36. The second-order valence-corrected chi connectivity index (χ2v) is 6.60. The van der Waals surface area contributed by atoms with Crippen molar-refractivity contribution in [3.8, 4) is 11.3 Å². The van der Waals surface area contributed by atoms with Gasteiger partial charge in [0.25, 0.3) is 0 Å². The van der Waals surface area contributed by atoms with Crippen molar-refractivity contribution in [2.24, 2.45) is 0 Å². The predicted octanol–water partition coefficient (Wildman–Crippen LogP) is 4.21. The minimum atomic E-state index is -0.588. The van der Waals surface area contributed by atoms with E-state index in [9.17, 15) is 10.1 Å². The molecule has 9 nitrogen and oxygen atoms in total. The largest absolute Gasteiger partial charge is 0.378 e. The van der Waals surface area contributed by atoms with E-state index in [1.165, 1.54) is 12.1 Å². The molecule has 0 fully saturated rings. The van der Waals surface area contributed by atoms with E-state index in [1.54, 1.807) is 30.5 Å². The number of nitrogens with zero attached hydrogens (tertiary/aromatic N) is 4. The van der Waals surface area contributed by atoms with Crippen LogP contribution in [0.5, 0.6) is 0 Å². The lowest BCUT2D eigenvalue weighted by Crippen LogP contribution is -2.26. The number of nitrogens with two attached hydrogens (primary N) is 1. The molecule has 0 saturated heterocycles. The van der Waals surface area contributed by atoms with Gasteiger partial charge < -0.3 is 16.4 Å². The number of hydrogen-bond donors (Lipinski definition) is 3. The summed E-state index contributed by atoms with van der Waals surface area (Å²) in [4.78, 5) is 22.8. The highest BCUT2D eigenvalue weighted by Crippen LogP contribution is 2.29. The van der Waals surface area contributed by atoms with Crippen LogP contribution in [0.3, 0.4) is 0 Å². The Labute approximate surface area is 170 Å². The smallest absolute Gasteiger partial charge is 0.311 e. The second-order valence-electron chi connectivity index (χ2n) is 5.76. The first-order chi connectivity index (χ1) is 13.3. The highest BCUT2D eigenvalue weighted by atomic mass is 35.5. The Morgan fingerprint density at radius 2 is 1.93 bits per heavy atom. The average Bonchev–Trinajstić information content (AvgIpc) is 2.61. The van der Waals surface area contributed by atoms with Crippen molar-refractivity contribution >= 4 is 46.5 Å². The summed E-state index contributed by atoms with van der Waals surface area (Å²) in [6.45, 7) is 1.81. The lowest BCUT2D eigenvalue weighted by molar-refractivity contribution is -0.384. The van der Waals surface area contributed by atoms with Gasteiger partial charge in [0.15, 0.2) is 0 Å². The molecule has 0 bridgehead atoms. The summed E-state index contributed by atoms with van der Waals surface area (Å²) in [6, 6.07) is 9.64. The number of rotatable bonds is 6. The Balaban J connectivity index is 1.73. The van der Waals surface area contributed by atoms with Crippen LogP contribution in [0.2, 0.25) is 10.0 Å². The van der Waals surface area contributed by atoms with Gasteiger partial charge in [-0.2, -0.15) is 0 Å². The number of pyridine rings is 1. The zero-order chi connectivity index (χ0) is 20.3. The van der Waals surface area contributed by atoms with E-state index in [1.807, 2.05) is 6.92 Å². The van der Waals surface area contributed by atoms with Gasteiger partial charge in [-0.1, -0.05) is 23.2 Å². The standard InChI is InChI=1S/C17H15Cl2N7O2/c1-9(22-15-5-4-14(26(27)28)16(20)25-15)23-17-21-7-6-13(24-17)11-3-2-10(18)8-12(11)19/h2-9H,1H3,(H3,20,22,25)(H,21,23,24). The van der Waals surface area contributed by atoms with Crippen molar-refractivity contribution in [1.82, 2.24) is 15.0 Å². The summed E-state index contributed by atoms with van der Waals surface area (Å²) >= 11 is 12.2. The van der Waals surface area contributed by atoms with Crippen molar-refractivity contribution in [3.63, 3.8) is 0 Å². The van der Waals surface area contributed by atoms with E-state index >= 15 is 0 Å². The summed E-state index contributed by atoms with van der Waals surface area (Å²) < 4.78 is 0. The molecule has 0 aliphatic heterocycles. The third-order valence-electron chi connectivity index (χ3n) is 3.67. The summed E-state index contributed by atoms with van der Waals surface area (Å²) in [7, 11) is 0. The third kappa shape index (κ3) is 4.56. The molecular formula is C17H15Cl2N7O2. The fourth-order valence-electron chi connectivity index (χ4n) is 2.43. The maximum atomic E-state index is 10.8. The first-order valence-corrected chi connectivity index (χ1v) is 8.81. The van der Waals surface area contributed by atoms with E-state index in [2.05, 4.69) is 25.6 Å². The number of nitrogen functional groups attached to an aromatic ring is 1. The predicted molar refractivity (Wildman–Crippen MR) is 109 cm³/mol. The van der Waals surface area contributed by atoms with E-state index in [0.717, 1.165) is 5.56 Å². The second kappa shape index (κ2) is 8.24. The molecule has 0 saturated carbocycles. The van der Waals surface area contributed by atoms with Gasteiger partial charge in [-0.25, -0.2) is 15.0 Å². The van der Waals surface area contributed by atoms with Gasteiger partial charge in [0, 0.05) is 22.8 Å². The molecule has 28 heavy (non-hydrogen) atoms. The van der Waals surface area contributed by atoms with Crippen LogP contribution in [-0.2, 0) is 0 Å². The molecule has 0 aliphatic rings. The molecule has 2 aromatic heterocycles. The van der Waals surface area contributed by atoms with Crippen molar-refractivity contribution in [2.45, 2.75) is 13.1 Å². The quantitative estimate of drug-likeness (QED) is 0.307. The molecule has 144 valence electrons. The number of aromatic nitrogens is 3. The van der Waals surface area contributed by atoms with Gasteiger partial charge in [-0.15, -0.1) is 0 Å². The van der Waals surface area contributed by atoms with Crippen molar-refractivity contribution in [1.29, 1.82) is 0 Å². The molecule has 2 heterocycles. The van der Waals surface area contributed by atoms with Gasteiger partial charge in [0.05, 0.1) is 21.8 Å². The van der Waals surface area contributed by atoms with Crippen LogP contribution in [0.1, 0.15) is 6.92 Å². The minimum Gasteiger partial charge on any atom is -0.378 e. The van der Waals surface area contributed by atoms with Crippen LogP contribution < -0.4 is 16.4 Å². The first kappa shape index (κ1) is 19.6. The molecule has 0 spiro atoms.